The molecule has 4 amide bonds. The van der Waals surface area contributed by atoms with Crippen molar-refractivity contribution in [3.05, 3.63) is 93.5 Å². The molecule has 0 unspecified atom stereocenters. The van der Waals surface area contributed by atoms with E-state index in [1.807, 2.05) is 0 Å². The predicted octanol–water partition coefficient (Wildman–Crippen LogP) is -0.567. The molecule has 16 nitrogen and oxygen atoms in total. The van der Waals surface area contributed by atoms with Crippen LogP contribution in [0.2, 0.25) is 0 Å². The second-order valence-electron chi connectivity index (χ2n) is 10.9. The van der Waals surface area contributed by atoms with E-state index >= 15 is 0 Å². The maximum Gasteiger partial charge on any atom is 0.430 e. The van der Waals surface area contributed by atoms with Gasteiger partial charge in [0.25, 0.3) is 5.91 Å². The van der Waals surface area contributed by atoms with E-state index < -0.39 is 64.9 Å². The molecule has 2 aliphatic rings. The highest BCUT2D eigenvalue weighted by Gasteiger charge is 2.32. The summed E-state index contributed by atoms with van der Waals surface area (Å²) in [4.78, 5) is 72.0. The fraction of sp³-hybridized carbons (Fsp3) is 0.258. The number of fused-ring (bicyclic) bond motifs is 9. The minimum atomic E-state index is -5.19. The van der Waals surface area contributed by atoms with Gasteiger partial charge in [-0.15, -0.1) is 0 Å². The van der Waals surface area contributed by atoms with Crippen LogP contribution in [-0.2, 0) is 36.8 Å². The number of carbonyl (C=O) groups is 5. The summed E-state index contributed by atoms with van der Waals surface area (Å²) < 4.78 is 37.4. The van der Waals surface area contributed by atoms with E-state index in [4.69, 9.17) is 20.4 Å². The standard InChI is InChI=1S/C29H30N6O8.C2HF3O2/c1-15(26(31)37)32-29(40)25-18-3-2-4-20(14-18)43-24-10-7-17(13-23(24)35(41)42)11-21(30)27(38)33-22(28(39)34-25)12-16-5-8-19(36)9-6-16;3-2(4,5)1(6)7/h2-10,13-15,21-22,25,36H,11-12,30H2,1H3,(H2,31,37)(H,32,40)(H,33,38)(H,34,39);(H,6,7)/t15-,21-,22+,25+;/m0./s1. The lowest BCUT2D eigenvalue weighted by Crippen LogP contribution is -2.70. The third-order valence-electron chi connectivity index (χ3n) is 7.07. The number of carboxylic acid groups (broad SMARTS) is 1. The van der Waals surface area contributed by atoms with E-state index in [2.05, 4.69) is 21.7 Å². The van der Waals surface area contributed by atoms with Crippen LogP contribution in [0.5, 0.6) is 17.2 Å². The molecule has 4 atom stereocenters. The molecule has 0 spiro atoms. The number of nitrogens with one attached hydrogen (secondary N) is 3. The van der Waals surface area contributed by atoms with Gasteiger partial charge in [-0.2, -0.15) is 13.2 Å². The van der Waals surface area contributed by atoms with E-state index in [1.54, 1.807) is 18.2 Å². The molecule has 266 valence electrons. The summed E-state index contributed by atoms with van der Waals surface area (Å²) in [7, 11) is 0. The van der Waals surface area contributed by atoms with Gasteiger partial charge in [0, 0.05) is 18.9 Å². The van der Waals surface area contributed by atoms with Crippen molar-refractivity contribution >= 4 is 35.3 Å². The summed E-state index contributed by atoms with van der Waals surface area (Å²) in [6, 6.07) is 11.7. The number of amides is 4. The lowest BCUT2D eigenvalue weighted by molar-refractivity contribution is -0.403. The Labute approximate surface area is 280 Å². The number of nitro groups is 1. The average Bonchev–Trinajstić information content (AvgIpc) is 3.04. The first kappa shape index (κ1) is 38.2. The van der Waals surface area contributed by atoms with Crippen LogP contribution in [0.1, 0.15) is 29.7 Å². The van der Waals surface area contributed by atoms with Gasteiger partial charge in [0.1, 0.15) is 35.6 Å². The van der Waals surface area contributed by atoms with Gasteiger partial charge in [-0.05, 0) is 53.9 Å². The second kappa shape index (κ2) is 16.2. The molecule has 0 fully saturated rings. The van der Waals surface area contributed by atoms with Gasteiger partial charge in [-0.25, -0.2) is 0 Å². The quantitative estimate of drug-likeness (QED) is 0.141. The molecule has 3 aromatic rings. The summed E-state index contributed by atoms with van der Waals surface area (Å²) >= 11 is 0. The van der Waals surface area contributed by atoms with Gasteiger partial charge in [0.15, 0.2) is 6.04 Å². The van der Waals surface area contributed by atoms with Crippen molar-refractivity contribution in [2.45, 2.75) is 50.1 Å². The molecule has 0 radical (unpaired) electrons. The third-order valence-corrected chi connectivity index (χ3v) is 7.07. The number of benzene rings is 3. The zero-order chi connectivity index (χ0) is 37.3. The maximum atomic E-state index is 13.7. The minimum absolute atomic E-state index is 0.00979. The van der Waals surface area contributed by atoms with Gasteiger partial charge in [-0.3, -0.25) is 29.3 Å². The first-order chi connectivity index (χ1) is 23.3. The molecule has 19 heteroatoms. The van der Waals surface area contributed by atoms with E-state index in [9.17, 15) is 47.6 Å². The fourth-order valence-electron chi connectivity index (χ4n) is 4.46. The Morgan fingerprint density at radius 1 is 1.08 bits per heavy atom. The lowest BCUT2D eigenvalue weighted by Gasteiger charge is -2.25. The van der Waals surface area contributed by atoms with Crippen LogP contribution in [-0.4, -0.2) is 63.9 Å². The van der Waals surface area contributed by atoms with Crippen LogP contribution in [0.15, 0.2) is 66.7 Å². The Balaban J connectivity index is 0.000000872. The molecule has 2 heterocycles. The molecule has 0 saturated heterocycles. The third kappa shape index (κ3) is 10.6. The smallest absolute Gasteiger partial charge is 0.430 e. The predicted molar refractivity (Wildman–Crippen MR) is 162 cm³/mol. The number of nitro benzene ring substituents is 1. The highest BCUT2D eigenvalue weighted by molar-refractivity contribution is 5.95. The number of aromatic hydroxyl groups is 1. The largest absolute Gasteiger partial charge is 0.542 e. The first-order valence-electron chi connectivity index (χ1n) is 14.5. The molecule has 3 aromatic carbocycles. The second-order valence-corrected chi connectivity index (χ2v) is 10.9. The fourth-order valence-corrected chi connectivity index (χ4v) is 4.46. The number of alkyl halides is 3. The van der Waals surface area contributed by atoms with Gasteiger partial charge < -0.3 is 47.2 Å². The number of halogens is 3. The molecule has 4 bridgehead atoms. The van der Waals surface area contributed by atoms with Crippen molar-refractivity contribution in [3.63, 3.8) is 0 Å². The molecule has 0 saturated carbocycles. The van der Waals surface area contributed by atoms with E-state index in [-0.39, 0.29) is 41.3 Å². The Morgan fingerprint density at radius 3 is 2.30 bits per heavy atom. The van der Waals surface area contributed by atoms with Crippen LogP contribution in [0.3, 0.4) is 0 Å². The monoisotopic (exact) mass is 704 g/mol. The Bertz CT molecular complexity index is 1770. The number of carbonyl (C=O) groups excluding carboxylic acids is 5. The molecule has 50 heavy (non-hydrogen) atoms. The summed E-state index contributed by atoms with van der Waals surface area (Å²) in [5.74, 6) is -5.86. The number of hydrogen-bond acceptors (Lipinski definition) is 10. The number of quaternary nitrogens is 1. The summed E-state index contributed by atoms with van der Waals surface area (Å²) in [5.41, 5.74) is 10.1. The van der Waals surface area contributed by atoms with Crippen LogP contribution >= 0.6 is 0 Å². The van der Waals surface area contributed by atoms with E-state index in [1.165, 1.54) is 55.5 Å². The lowest BCUT2D eigenvalue weighted by atomic mass is 10.0. The van der Waals surface area contributed by atoms with E-state index in [0.717, 1.165) is 0 Å². The van der Waals surface area contributed by atoms with Gasteiger partial charge in [-0.1, -0.05) is 30.3 Å². The number of ether oxygens (including phenoxy) is 1. The van der Waals surface area contributed by atoms with Gasteiger partial charge in [0.2, 0.25) is 23.5 Å². The van der Waals surface area contributed by atoms with Crippen molar-refractivity contribution < 1.29 is 62.8 Å². The first-order valence-corrected chi connectivity index (χ1v) is 14.5. The van der Waals surface area contributed by atoms with Crippen LogP contribution in [0.25, 0.3) is 0 Å². The molecule has 0 aromatic heterocycles. The SMILES string of the molecule is C[C@H](NC(=O)[C@@H]1NC(=O)[C@@H](Cc2ccc(O)cc2)NC(=O)[C@@H]([NH3+])Cc2ccc(c([N+](=O)[O-])c2)Oc2cccc1c2)C(N)=O.O=C([O-])C(F)(F)F. The minimum Gasteiger partial charge on any atom is -0.542 e. The number of nitrogens with two attached hydrogens (primary N) is 1. The number of phenols is 1. The van der Waals surface area contributed by atoms with Crippen molar-refractivity contribution in [1.82, 2.24) is 16.0 Å². The molecular formula is C31H31F3N6O10. The summed E-state index contributed by atoms with van der Waals surface area (Å²) in [6.45, 7) is 1.38. The molecule has 2 aliphatic heterocycles. The number of rotatable bonds is 6. The number of carboxylic acids is 1. The summed E-state index contributed by atoms with van der Waals surface area (Å²) in [5, 5.41) is 38.1. The van der Waals surface area contributed by atoms with Crippen molar-refractivity contribution in [2.75, 3.05) is 0 Å². The number of hydrogen-bond donors (Lipinski definition) is 6. The van der Waals surface area contributed by atoms with Gasteiger partial charge >= 0.3 is 11.9 Å². The Morgan fingerprint density at radius 2 is 1.72 bits per heavy atom. The van der Waals surface area contributed by atoms with E-state index in [0.29, 0.717) is 11.1 Å². The number of aliphatic carboxylic acids is 1. The maximum absolute atomic E-state index is 13.7. The van der Waals surface area contributed by atoms with Gasteiger partial charge in [0.05, 0.1) is 4.92 Å². The summed E-state index contributed by atoms with van der Waals surface area (Å²) in [6.07, 6.45) is -5.19. The Hall–Kier alpha value is -6.24. The Kier molecular flexibility index (Phi) is 12.4. The number of phenolic OH excluding ortho intramolecular Hbond substituents is 1. The van der Waals surface area contributed by atoms with Crippen LogP contribution in [0.4, 0.5) is 18.9 Å². The average molecular weight is 705 g/mol. The zero-order valence-corrected chi connectivity index (χ0v) is 26.1. The highest BCUT2D eigenvalue weighted by Crippen LogP contribution is 2.33. The highest BCUT2D eigenvalue weighted by atomic mass is 19.4. The molecular weight excluding hydrogens is 673 g/mol. The normalized spacial score (nSPS) is 18.2. The number of primary amides is 1. The van der Waals surface area contributed by atoms with Crippen molar-refractivity contribution in [2.24, 2.45) is 5.73 Å². The molecule has 5 rings (SSSR count). The zero-order valence-electron chi connectivity index (χ0n) is 26.1. The topological polar surface area (TPSA) is 271 Å². The van der Waals surface area contributed by atoms with Crippen molar-refractivity contribution in [1.29, 1.82) is 0 Å². The molecule has 0 aliphatic carbocycles. The van der Waals surface area contributed by atoms with Crippen LogP contribution < -0.4 is 37.3 Å². The van der Waals surface area contributed by atoms with Crippen molar-refractivity contribution in [3.8, 4) is 17.2 Å². The number of nitrogens with zero attached hydrogens (tertiary/aromatic N) is 1. The molecule has 9 N–H and O–H groups in total. The van der Waals surface area contributed by atoms with Crippen LogP contribution in [0, 0.1) is 10.1 Å².